The Morgan fingerprint density at radius 2 is 1.95 bits per heavy atom. The van der Waals surface area contributed by atoms with Crippen LogP contribution in [0.3, 0.4) is 0 Å². The summed E-state index contributed by atoms with van der Waals surface area (Å²) in [5, 5.41) is 0.774. The summed E-state index contributed by atoms with van der Waals surface area (Å²) in [5.41, 5.74) is 1.08. The van der Waals surface area contributed by atoms with E-state index >= 15 is 0 Å². The zero-order valence-electron chi connectivity index (χ0n) is 11.8. The molecule has 0 N–H and O–H groups in total. The lowest BCUT2D eigenvalue weighted by molar-refractivity contribution is -0.219. The third-order valence-corrected chi connectivity index (χ3v) is 4.60. The first kappa shape index (κ1) is 14.3. The minimum Gasteiger partial charge on any atom is -0.353 e. The molecule has 1 saturated carbocycles. The van der Waals surface area contributed by atoms with E-state index in [1.807, 2.05) is 24.3 Å². The second-order valence-electron chi connectivity index (χ2n) is 5.65. The highest BCUT2D eigenvalue weighted by Crippen LogP contribution is 2.41. The molecule has 0 amide bonds. The Kier molecular flexibility index (Phi) is 4.32. The number of rotatable bonds is 3. The van der Waals surface area contributed by atoms with Crippen molar-refractivity contribution in [3.8, 4) is 0 Å². The molecule has 0 bridgehead atoms. The van der Waals surface area contributed by atoms with Crippen molar-refractivity contribution in [3.05, 3.63) is 34.9 Å². The fraction of sp³-hybridized carbons (Fsp3) is 0.625. The van der Waals surface area contributed by atoms with Gasteiger partial charge in [-0.05, 0) is 24.5 Å². The van der Waals surface area contributed by atoms with Gasteiger partial charge in [-0.1, -0.05) is 36.2 Å². The molecule has 3 rings (SSSR count). The second kappa shape index (κ2) is 6.02. The van der Waals surface area contributed by atoms with Gasteiger partial charge in [-0.15, -0.1) is 0 Å². The molecule has 1 spiro atoms. The average molecular weight is 297 g/mol. The van der Waals surface area contributed by atoms with Crippen molar-refractivity contribution in [2.45, 2.75) is 56.7 Å². The lowest BCUT2D eigenvalue weighted by Gasteiger charge is -2.31. The molecule has 1 aliphatic carbocycles. The third-order valence-electron chi connectivity index (χ3n) is 4.23. The molecule has 3 nitrogen and oxygen atoms in total. The van der Waals surface area contributed by atoms with E-state index in [0.717, 1.165) is 42.7 Å². The molecule has 1 saturated heterocycles. The Morgan fingerprint density at radius 3 is 2.65 bits per heavy atom. The highest BCUT2D eigenvalue weighted by molar-refractivity contribution is 6.31. The van der Waals surface area contributed by atoms with Gasteiger partial charge in [0.05, 0.1) is 0 Å². The van der Waals surface area contributed by atoms with Gasteiger partial charge in [0.25, 0.3) is 0 Å². The Morgan fingerprint density at radius 1 is 1.20 bits per heavy atom. The number of hydrogen-bond acceptors (Lipinski definition) is 3. The van der Waals surface area contributed by atoms with Crippen molar-refractivity contribution in [2.75, 3.05) is 7.11 Å². The van der Waals surface area contributed by atoms with Crippen LogP contribution in [0.4, 0.5) is 0 Å². The third kappa shape index (κ3) is 2.86. The van der Waals surface area contributed by atoms with Crippen LogP contribution in [-0.4, -0.2) is 25.3 Å². The molecule has 1 aliphatic heterocycles. The maximum atomic E-state index is 6.25. The topological polar surface area (TPSA) is 27.7 Å². The molecule has 2 fully saturated rings. The molecule has 4 heteroatoms. The van der Waals surface area contributed by atoms with E-state index in [0.29, 0.717) is 0 Å². The van der Waals surface area contributed by atoms with Crippen molar-refractivity contribution >= 4 is 11.6 Å². The maximum absolute atomic E-state index is 6.25. The Bertz CT molecular complexity index is 457. The standard InChI is InChI=1S/C16H21ClO3/c1-18-15-14(11-12-7-3-4-8-13(12)17)19-16(20-15)9-5-2-6-10-16/h3-4,7-8,14-15H,2,5-6,9-11H2,1H3/t14-,15-/m0/s1. The van der Waals surface area contributed by atoms with Crippen LogP contribution in [0.25, 0.3) is 0 Å². The predicted octanol–water partition coefficient (Wildman–Crippen LogP) is 3.93. The number of ether oxygens (including phenoxy) is 3. The largest absolute Gasteiger partial charge is 0.353 e. The van der Waals surface area contributed by atoms with Gasteiger partial charge in [0.1, 0.15) is 6.10 Å². The summed E-state index contributed by atoms with van der Waals surface area (Å²) in [5.74, 6) is -0.426. The lowest BCUT2D eigenvalue weighted by atomic mass is 9.94. The summed E-state index contributed by atoms with van der Waals surface area (Å²) in [4.78, 5) is 0. The van der Waals surface area contributed by atoms with Gasteiger partial charge in [0, 0.05) is 31.4 Å². The molecular weight excluding hydrogens is 276 g/mol. The zero-order valence-corrected chi connectivity index (χ0v) is 12.6. The monoisotopic (exact) mass is 296 g/mol. The van der Waals surface area contributed by atoms with E-state index in [2.05, 4.69) is 0 Å². The highest BCUT2D eigenvalue weighted by Gasteiger charge is 2.48. The van der Waals surface area contributed by atoms with Gasteiger partial charge in [-0.3, -0.25) is 0 Å². The molecule has 110 valence electrons. The number of hydrogen-bond donors (Lipinski definition) is 0. The Balaban J connectivity index is 1.73. The Labute approximate surface area is 125 Å². The first-order valence-corrected chi connectivity index (χ1v) is 7.72. The first-order valence-electron chi connectivity index (χ1n) is 7.34. The van der Waals surface area contributed by atoms with Gasteiger partial charge in [-0.25, -0.2) is 0 Å². The van der Waals surface area contributed by atoms with Crippen molar-refractivity contribution < 1.29 is 14.2 Å². The van der Waals surface area contributed by atoms with Crippen LogP contribution in [-0.2, 0) is 20.6 Å². The fourth-order valence-electron chi connectivity index (χ4n) is 3.19. The molecule has 1 heterocycles. The van der Waals surface area contributed by atoms with Gasteiger partial charge in [-0.2, -0.15) is 0 Å². The van der Waals surface area contributed by atoms with E-state index in [4.69, 9.17) is 25.8 Å². The van der Waals surface area contributed by atoms with Crippen molar-refractivity contribution in [2.24, 2.45) is 0 Å². The van der Waals surface area contributed by atoms with Gasteiger partial charge in [0.2, 0.25) is 0 Å². The van der Waals surface area contributed by atoms with E-state index in [9.17, 15) is 0 Å². The van der Waals surface area contributed by atoms with E-state index in [1.54, 1.807) is 7.11 Å². The van der Waals surface area contributed by atoms with Crippen LogP contribution < -0.4 is 0 Å². The number of halogens is 1. The van der Waals surface area contributed by atoms with Crippen LogP contribution in [0.5, 0.6) is 0 Å². The van der Waals surface area contributed by atoms with Crippen LogP contribution in [0, 0.1) is 0 Å². The summed E-state index contributed by atoms with van der Waals surface area (Å²) < 4.78 is 17.8. The second-order valence-corrected chi connectivity index (χ2v) is 6.05. The van der Waals surface area contributed by atoms with Gasteiger partial charge < -0.3 is 14.2 Å². The first-order chi connectivity index (χ1) is 9.72. The lowest BCUT2D eigenvalue weighted by Crippen LogP contribution is -2.33. The van der Waals surface area contributed by atoms with Crippen LogP contribution in [0.15, 0.2) is 24.3 Å². The smallest absolute Gasteiger partial charge is 0.187 e. The number of benzene rings is 1. The normalized spacial score (nSPS) is 28.9. The van der Waals surface area contributed by atoms with Crippen LogP contribution in [0.2, 0.25) is 5.02 Å². The quantitative estimate of drug-likeness (QED) is 0.846. The zero-order chi connectivity index (χ0) is 14.0. The summed E-state index contributed by atoms with van der Waals surface area (Å²) in [6.45, 7) is 0. The van der Waals surface area contributed by atoms with E-state index in [1.165, 1.54) is 6.42 Å². The van der Waals surface area contributed by atoms with Crippen molar-refractivity contribution in [3.63, 3.8) is 0 Å². The Hall–Kier alpha value is -0.610. The molecular formula is C16H21ClO3. The van der Waals surface area contributed by atoms with Gasteiger partial charge >= 0.3 is 0 Å². The number of methoxy groups -OCH3 is 1. The molecule has 2 aliphatic rings. The predicted molar refractivity (Wildman–Crippen MR) is 77.7 cm³/mol. The highest BCUT2D eigenvalue weighted by atomic mass is 35.5. The average Bonchev–Trinajstić information content (AvgIpc) is 2.79. The fourth-order valence-corrected chi connectivity index (χ4v) is 3.40. The summed E-state index contributed by atoms with van der Waals surface area (Å²) >= 11 is 6.23. The minimum absolute atomic E-state index is 0.0852. The molecule has 0 unspecified atom stereocenters. The summed E-state index contributed by atoms with van der Waals surface area (Å²) in [7, 11) is 1.68. The molecule has 0 radical (unpaired) electrons. The molecule has 1 aromatic carbocycles. The van der Waals surface area contributed by atoms with Gasteiger partial charge in [0.15, 0.2) is 12.1 Å². The minimum atomic E-state index is -0.426. The maximum Gasteiger partial charge on any atom is 0.187 e. The molecule has 1 aromatic rings. The van der Waals surface area contributed by atoms with E-state index < -0.39 is 5.79 Å². The van der Waals surface area contributed by atoms with Crippen LogP contribution in [0.1, 0.15) is 37.7 Å². The van der Waals surface area contributed by atoms with E-state index in [-0.39, 0.29) is 12.4 Å². The van der Waals surface area contributed by atoms with Crippen molar-refractivity contribution in [1.82, 2.24) is 0 Å². The molecule has 20 heavy (non-hydrogen) atoms. The van der Waals surface area contributed by atoms with Crippen LogP contribution >= 0.6 is 11.6 Å². The molecule has 0 aromatic heterocycles. The molecule has 2 atom stereocenters. The SMILES string of the molecule is CO[C@H]1OC2(CCCCC2)O[C@H]1Cc1ccccc1Cl. The summed E-state index contributed by atoms with van der Waals surface area (Å²) in [6, 6.07) is 7.87. The summed E-state index contributed by atoms with van der Waals surface area (Å²) in [6.07, 6.45) is 5.85. The van der Waals surface area contributed by atoms with Crippen molar-refractivity contribution in [1.29, 1.82) is 0 Å².